The second-order valence-electron chi connectivity index (χ2n) is 5.51. The number of benzene rings is 1. The van der Waals surface area contributed by atoms with E-state index in [1.807, 2.05) is 35.0 Å². The van der Waals surface area contributed by atoms with Crippen LogP contribution in [0.4, 0.5) is 0 Å². The number of likely N-dealkylation sites (N-methyl/N-ethyl adjacent to an activating group) is 1. The molecule has 0 bridgehead atoms. The molecule has 1 aliphatic carbocycles. The van der Waals surface area contributed by atoms with E-state index in [0.29, 0.717) is 11.1 Å². The fraction of sp³-hybridized carbons (Fsp3) is 0.375. The maximum Gasteiger partial charge on any atom is 0.239 e. The Morgan fingerprint density at radius 3 is 2.67 bits per heavy atom. The molecule has 24 heavy (non-hydrogen) atoms. The average molecular weight is 345 g/mol. The highest BCUT2D eigenvalue weighted by molar-refractivity contribution is 7.99. The van der Waals surface area contributed by atoms with Crippen LogP contribution in [0, 0.1) is 0 Å². The van der Waals surface area contributed by atoms with E-state index in [9.17, 15) is 9.59 Å². The van der Waals surface area contributed by atoms with Crippen molar-refractivity contribution in [2.75, 3.05) is 19.3 Å². The summed E-state index contributed by atoms with van der Waals surface area (Å²) in [4.78, 5) is 27.5. The van der Waals surface area contributed by atoms with Crippen molar-refractivity contribution in [3.05, 3.63) is 36.2 Å². The monoisotopic (exact) mass is 345 g/mol. The van der Waals surface area contributed by atoms with E-state index in [1.54, 1.807) is 0 Å². The van der Waals surface area contributed by atoms with Gasteiger partial charge in [0.2, 0.25) is 17.0 Å². The zero-order valence-corrected chi connectivity index (χ0v) is 14.2. The Bertz CT molecular complexity index is 727. The van der Waals surface area contributed by atoms with Gasteiger partial charge in [0, 0.05) is 13.0 Å². The third kappa shape index (κ3) is 4.14. The van der Waals surface area contributed by atoms with Gasteiger partial charge in [-0.1, -0.05) is 30.0 Å². The zero-order chi connectivity index (χ0) is 16.9. The molecule has 0 unspecified atom stereocenters. The van der Waals surface area contributed by atoms with Crippen LogP contribution < -0.4 is 10.6 Å². The summed E-state index contributed by atoms with van der Waals surface area (Å²) in [6.45, 7) is -0.0187. The molecule has 1 fully saturated rings. The molecule has 1 saturated carbocycles. The predicted octanol–water partition coefficient (Wildman–Crippen LogP) is 1.10. The molecule has 0 atom stereocenters. The Balaban J connectivity index is 1.64. The normalized spacial score (nSPS) is 13.5. The molecule has 0 spiro atoms. The number of para-hydroxylation sites is 1. The summed E-state index contributed by atoms with van der Waals surface area (Å²) < 4.78 is 1.86. The first kappa shape index (κ1) is 16.5. The Hall–Kier alpha value is -2.35. The van der Waals surface area contributed by atoms with E-state index in [2.05, 4.69) is 20.7 Å². The third-order valence-electron chi connectivity index (χ3n) is 3.61. The minimum atomic E-state index is -0.226. The van der Waals surface area contributed by atoms with Crippen molar-refractivity contribution in [1.82, 2.24) is 25.4 Å². The van der Waals surface area contributed by atoms with E-state index in [4.69, 9.17) is 0 Å². The highest BCUT2D eigenvalue weighted by atomic mass is 32.2. The maximum absolute atomic E-state index is 11.8. The molecule has 2 aromatic rings. The number of nitrogens with one attached hydrogen (secondary N) is 2. The number of hydrogen-bond acceptors (Lipinski definition) is 5. The minimum Gasteiger partial charge on any atom is -0.358 e. The summed E-state index contributed by atoms with van der Waals surface area (Å²) in [5, 5.41) is 10.1. The van der Waals surface area contributed by atoms with Crippen molar-refractivity contribution in [3.63, 3.8) is 0 Å². The summed E-state index contributed by atoms with van der Waals surface area (Å²) in [5.41, 5.74) is 0.975. The van der Waals surface area contributed by atoms with Gasteiger partial charge in [0.15, 0.2) is 0 Å². The largest absolute Gasteiger partial charge is 0.358 e. The number of amides is 2. The minimum absolute atomic E-state index is 0.0187. The molecule has 3 rings (SSSR count). The number of hydrogen-bond donors (Lipinski definition) is 2. The molecule has 126 valence electrons. The van der Waals surface area contributed by atoms with Crippen LogP contribution in [-0.4, -0.2) is 45.9 Å². The van der Waals surface area contributed by atoms with Crippen LogP contribution in [0.25, 0.3) is 5.69 Å². The second kappa shape index (κ2) is 7.48. The van der Waals surface area contributed by atoms with Crippen molar-refractivity contribution in [1.29, 1.82) is 0 Å². The van der Waals surface area contributed by atoms with E-state index in [0.717, 1.165) is 24.4 Å². The Labute approximate surface area is 144 Å². The van der Waals surface area contributed by atoms with Crippen LogP contribution >= 0.6 is 11.8 Å². The van der Waals surface area contributed by atoms with Gasteiger partial charge in [-0.3, -0.25) is 9.59 Å². The molecule has 0 saturated heterocycles. The van der Waals surface area contributed by atoms with Gasteiger partial charge in [0.05, 0.1) is 18.0 Å². The molecule has 1 aliphatic rings. The van der Waals surface area contributed by atoms with Gasteiger partial charge in [-0.25, -0.2) is 9.67 Å². The number of nitrogens with zero attached hydrogens (tertiary/aromatic N) is 3. The fourth-order valence-corrected chi connectivity index (χ4v) is 2.84. The van der Waals surface area contributed by atoms with Gasteiger partial charge in [-0.15, -0.1) is 5.10 Å². The van der Waals surface area contributed by atoms with E-state index >= 15 is 0 Å². The lowest BCUT2D eigenvalue weighted by molar-refractivity contribution is -0.124. The first-order chi connectivity index (χ1) is 11.7. The van der Waals surface area contributed by atoms with Crippen molar-refractivity contribution >= 4 is 23.6 Å². The Morgan fingerprint density at radius 2 is 2.00 bits per heavy atom. The molecular weight excluding hydrogens is 326 g/mol. The van der Waals surface area contributed by atoms with Gasteiger partial charge in [-0.2, -0.15) is 0 Å². The lowest BCUT2D eigenvalue weighted by Gasteiger charge is -2.03. The highest BCUT2D eigenvalue weighted by Gasteiger charge is 2.30. The van der Waals surface area contributed by atoms with E-state index in [1.165, 1.54) is 18.8 Å². The Morgan fingerprint density at radius 1 is 1.25 bits per heavy atom. The molecule has 8 heteroatoms. The summed E-state index contributed by atoms with van der Waals surface area (Å²) in [5.74, 6) is 1.15. The van der Waals surface area contributed by atoms with Crippen LogP contribution in [-0.2, 0) is 9.59 Å². The molecule has 0 radical (unpaired) electrons. The SMILES string of the molecule is CNC(=O)CNC(=O)CSc1nc(C2CC2)n(-c2ccccc2)n1. The number of carbonyl (C=O) groups excluding carboxylic acids is 2. The molecule has 2 amide bonds. The van der Waals surface area contributed by atoms with Crippen LogP contribution in [0.1, 0.15) is 24.6 Å². The number of carbonyl (C=O) groups is 2. The number of rotatable bonds is 7. The molecule has 1 aromatic carbocycles. The van der Waals surface area contributed by atoms with Gasteiger partial charge < -0.3 is 10.6 Å². The number of thioether (sulfide) groups is 1. The summed E-state index contributed by atoms with van der Waals surface area (Å²) in [6, 6.07) is 9.87. The first-order valence-electron chi connectivity index (χ1n) is 7.80. The summed E-state index contributed by atoms with van der Waals surface area (Å²) >= 11 is 1.28. The maximum atomic E-state index is 11.8. The molecule has 1 aromatic heterocycles. The summed E-state index contributed by atoms with van der Waals surface area (Å²) in [6.07, 6.45) is 2.25. The van der Waals surface area contributed by atoms with Crippen molar-refractivity contribution in [3.8, 4) is 5.69 Å². The molecule has 2 N–H and O–H groups in total. The highest BCUT2D eigenvalue weighted by Crippen LogP contribution is 2.40. The molecule has 1 heterocycles. The summed E-state index contributed by atoms with van der Waals surface area (Å²) in [7, 11) is 1.53. The van der Waals surface area contributed by atoms with E-state index < -0.39 is 0 Å². The van der Waals surface area contributed by atoms with Gasteiger partial charge in [0.25, 0.3) is 0 Å². The smallest absolute Gasteiger partial charge is 0.239 e. The third-order valence-corrected chi connectivity index (χ3v) is 4.45. The fourth-order valence-electron chi connectivity index (χ4n) is 2.18. The van der Waals surface area contributed by atoms with Crippen LogP contribution in [0.2, 0.25) is 0 Å². The standard InChI is InChI=1S/C16H19N5O2S/c1-17-13(22)9-18-14(23)10-24-16-19-15(11-7-8-11)21(20-16)12-5-3-2-4-6-12/h2-6,11H,7-10H2,1H3,(H,17,22)(H,18,23). The van der Waals surface area contributed by atoms with Gasteiger partial charge in [-0.05, 0) is 25.0 Å². The van der Waals surface area contributed by atoms with Crippen molar-refractivity contribution in [2.24, 2.45) is 0 Å². The van der Waals surface area contributed by atoms with E-state index in [-0.39, 0.29) is 24.1 Å². The quantitative estimate of drug-likeness (QED) is 0.734. The lowest BCUT2D eigenvalue weighted by atomic mass is 10.3. The van der Waals surface area contributed by atoms with Crippen molar-refractivity contribution in [2.45, 2.75) is 23.9 Å². The topological polar surface area (TPSA) is 88.9 Å². The van der Waals surface area contributed by atoms with Gasteiger partial charge in [0.1, 0.15) is 5.82 Å². The van der Waals surface area contributed by atoms with Crippen LogP contribution in [0.5, 0.6) is 0 Å². The van der Waals surface area contributed by atoms with Crippen LogP contribution in [0.3, 0.4) is 0 Å². The molecule has 7 nitrogen and oxygen atoms in total. The average Bonchev–Trinajstić information content (AvgIpc) is 3.38. The second-order valence-corrected chi connectivity index (χ2v) is 6.46. The van der Waals surface area contributed by atoms with Crippen molar-refractivity contribution < 1.29 is 9.59 Å². The lowest BCUT2D eigenvalue weighted by Crippen LogP contribution is -2.36. The molecular formula is C16H19N5O2S. The predicted molar refractivity (Wildman–Crippen MR) is 91.1 cm³/mol. The van der Waals surface area contributed by atoms with Gasteiger partial charge >= 0.3 is 0 Å². The zero-order valence-electron chi connectivity index (χ0n) is 13.4. The number of aromatic nitrogens is 3. The van der Waals surface area contributed by atoms with Crippen LogP contribution in [0.15, 0.2) is 35.5 Å². The Kier molecular flexibility index (Phi) is 5.14. The first-order valence-corrected chi connectivity index (χ1v) is 8.78. The molecule has 0 aliphatic heterocycles.